The predicted octanol–water partition coefficient (Wildman–Crippen LogP) is 2.82. The molecule has 2 aromatic carbocycles. The van der Waals surface area contributed by atoms with E-state index in [-0.39, 0.29) is 12.8 Å². The van der Waals surface area contributed by atoms with Crippen LogP contribution in [0.4, 0.5) is 13.2 Å². The highest BCUT2D eigenvalue weighted by Gasteiger charge is 2.42. The number of rotatable bonds is 11. The van der Waals surface area contributed by atoms with Gasteiger partial charge in [0.15, 0.2) is 11.9 Å². The minimum atomic E-state index is -5.23. The van der Waals surface area contributed by atoms with Crippen molar-refractivity contribution in [3.05, 3.63) is 54.2 Å². The number of fused-ring (bicyclic) bond motifs is 1. The lowest BCUT2D eigenvalue weighted by molar-refractivity contribution is -0.201. The molecule has 0 unspecified atom stereocenters. The highest BCUT2D eigenvalue weighted by atomic mass is 32.2. The van der Waals surface area contributed by atoms with Crippen LogP contribution in [0.1, 0.15) is 37.7 Å². The van der Waals surface area contributed by atoms with Crippen LogP contribution in [0.15, 0.2) is 48.7 Å². The van der Waals surface area contributed by atoms with Crippen molar-refractivity contribution in [3.8, 4) is 0 Å². The maximum atomic E-state index is 12.5. The van der Waals surface area contributed by atoms with Gasteiger partial charge in [0.2, 0.25) is 0 Å². The van der Waals surface area contributed by atoms with Gasteiger partial charge in [-0.1, -0.05) is 43.2 Å². The van der Waals surface area contributed by atoms with Crippen molar-refractivity contribution in [2.24, 2.45) is 0 Å². The van der Waals surface area contributed by atoms with E-state index < -0.39 is 34.4 Å². The first kappa shape index (κ1) is 28.3. The molecule has 0 spiro atoms. The van der Waals surface area contributed by atoms with E-state index in [0.717, 1.165) is 20.6 Å². The second kappa shape index (κ2) is 11.8. The minimum Gasteiger partial charge on any atom is -0.386 e. The van der Waals surface area contributed by atoms with Crippen molar-refractivity contribution in [1.29, 1.82) is 0 Å². The Kier molecular flexibility index (Phi) is 9.05. The van der Waals surface area contributed by atoms with Gasteiger partial charge in [0.25, 0.3) is 10.2 Å². The molecule has 199 valence electrons. The van der Waals surface area contributed by atoms with Gasteiger partial charge in [0, 0.05) is 26.1 Å². The molecule has 0 amide bonds. The van der Waals surface area contributed by atoms with Crippen LogP contribution in [0, 0.1) is 0 Å². The molecular formula is C24H27F3N4O5S+. The summed E-state index contributed by atoms with van der Waals surface area (Å²) in [5.41, 5.74) is 1.57. The van der Waals surface area contributed by atoms with Gasteiger partial charge in [-0.2, -0.15) is 30.6 Å². The number of nitrogens with one attached hydrogen (secondary N) is 2. The number of hydrogen-bond acceptors (Lipinski definition) is 7. The fourth-order valence-corrected chi connectivity index (χ4v) is 4.36. The summed E-state index contributed by atoms with van der Waals surface area (Å²) < 4.78 is 68.9. The summed E-state index contributed by atoms with van der Waals surface area (Å²) in [6.07, 6.45) is -2.72. The third-order valence-electron chi connectivity index (χ3n) is 5.57. The van der Waals surface area contributed by atoms with Gasteiger partial charge in [-0.3, -0.25) is 4.79 Å². The first-order chi connectivity index (χ1) is 17.4. The maximum absolute atomic E-state index is 12.5. The Bertz CT molecular complexity index is 1320. The first-order valence-corrected chi connectivity index (χ1v) is 12.9. The van der Waals surface area contributed by atoms with E-state index >= 15 is 0 Å². The number of alkyl halides is 3. The molecule has 0 saturated heterocycles. The average Bonchev–Trinajstić information content (AvgIpc) is 3.32. The number of nitrogens with zero attached hydrogens (tertiary/aromatic N) is 2. The van der Waals surface area contributed by atoms with E-state index in [4.69, 9.17) is 0 Å². The van der Waals surface area contributed by atoms with Crippen LogP contribution in [0.5, 0.6) is 0 Å². The monoisotopic (exact) mass is 540 g/mol. The number of esters is 2. The molecule has 13 heteroatoms. The van der Waals surface area contributed by atoms with Crippen molar-refractivity contribution in [3.63, 3.8) is 0 Å². The average molecular weight is 541 g/mol. The molecule has 1 atom stereocenters. The molecule has 0 bridgehead atoms. The molecule has 1 aliphatic heterocycles. The Morgan fingerprint density at radius 2 is 1.78 bits per heavy atom. The molecule has 2 N–H and O–H groups in total. The van der Waals surface area contributed by atoms with Crippen LogP contribution in [-0.4, -0.2) is 56.8 Å². The largest absolute Gasteiger partial charge is 0.491 e. The highest BCUT2D eigenvalue weighted by molar-refractivity contribution is 7.87. The fourth-order valence-electron chi connectivity index (χ4n) is 3.56. The van der Waals surface area contributed by atoms with Gasteiger partial charge < -0.3 is 4.74 Å². The van der Waals surface area contributed by atoms with E-state index in [1.54, 1.807) is 6.20 Å². The molecular weight excluding hydrogens is 513 g/mol. The molecule has 1 aliphatic rings. The molecule has 1 heterocycles. The Morgan fingerprint density at radius 1 is 1.08 bits per heavy atom. The second-order valence-electron chi connectivity index (χ2n) is 8.56. The van der Waals surface area contributed by atoms with Gasteiger partial charge >= 0.3 is 24.0 Å². The third kappa shape index (κ3) is 7.84. The van der Waals surface area contributed by atoms with Gasteiger partial charge in [0.1, 0.15) is 6.04 Å². The SMILES string of the molecule is CN(C)S(=O)(=O)N[C@@H](CCCCCC(=O)OC(=O)C(F)(F)F)C1=[N+]C=C(c2ccc3ccccc3c2)N1. The topological polar surface area (TPSA) is 119 Å². The van der Waals surface area contributed by atoms with Crippen LogP contribution < -0.4 is 15.0 Å². The molecule has 9 nitrogen and oxygen atoms in total. The standard InChI is InChI=1S/C24H27F3N4O5S/c1-31(2)37(34,35)30-19(10-4-3-5-11-21(32)36-23(33)24(25,26)27)22-28-15-20(29-22)18-13-12-16-8-6-7-9-17(16)14-18/h6-9,12-15,19,29-30H,3-5,10-11H2,1-2H3/q+1/t19-/m0/s1. The van der Waals surface area contributed by atoms with E-state index in [1.165, 1.54) is 14.1 Å². The molecule has 37 heavy (non-hydrogen) atoms. The zero-order chi connectivity index (χ0) is 27.2. The number of halogens is 3. The summed E-state index contributed by atoms with van der Waals surface area (Å²) in [7, 11) is -1.04. The van der Waals surface area contributed by atoms with E-state index in [9.17, 15) is 31.2 Å². The summed E-state index contributed by atoms with van der Waals surface area (Å²) in [6, 6.07) is 13.0. The molecule has 0 saturated carbocycles. The Morgan fingerprint density at radius 3 is 2.46 bits per heavy atom. The van der Waals surface area contributed by atoms with Crippen LogP contribution in [0.3, 0.4) is 0 Å². The lowest BCUT2D eigenvalue weighted by Gasteiger charge is -2.18. The number of hydrogen-bond donors (Lipinski definition) is 2. The zero-order valence-electron chi connectivity index (χ0n) is 20.2. The number of amidine groups is 1. The lowest BCUT2D eigenvalue weighted by atomic mass is 10.0. The van der Waals surface area contributed by atoms with Crippen molar-refractivity contribution in [2.75, 3.05) is 14.1 Å². The van der Waals surface area contributed by atoms with Crippen molar-refractivity contribution < 1.29 is 35.9 Å². The normalized spacial score (nSPS) is 14.8. The number of benzene rings is 2. The van der Waals surface area contributed by atoms with Gasteiger partial charge in [0.05, 0.1) is 0 Å². The number of unbranched alkanes of at least 4 members (excludes halogenated alkanes) is 2. The molecule has 0 aromatic heterocycles. The third-order valence-corrected chi connectivity index (χ3v) is 7.11. The lowest BCUT2D eigenvalue weighted by Crippen LogP contribution is -2.49. The highest BCUT2D eigenvalue weighted by Crippen LogP contribution is 2.22. The second-order valence-corrected chi connectivity index (χ2v) is 10.5. The molecule has 3 rings (SSSR count). The van der Waals surface area contributed by atoms with Crippen LogP contribution in [-0.2, 0) is 24.5 Å². The van der Waals surface area contributed by atoms with Crippen molar-refractivity contribution >= 4 is 44.5 Å². The number of ether oxygens (including phenoxy) is 1. The van der Waals surface area contributed by atoms with Gasteiger partial charge in [-0.15, -0.1) is 0 Å². The first-order valence-electron chi connectivity index (χ1n) is 11.4. The van der Waals surface area contributed by atoms with Crippen LogP contribution in [0.2, 0.25) is 0 Å². The summed E-state index contributed by atoms with van der Waals surface area (Å²) in [4.78, 5) is 26.5. The summed E-state index contributed by atoms with van der Waals surface area (Å²) in [6.45, 7) is 0. The van der Waals surface area contributed by atoms with Crippen molar-refractivity contribution in [1.82, 2.24) is 19.3 Å². The molecule has 0 fully saturated rings. The van der Waals surface area contributed by atoms with E-state index in [0.29, 0.717) is 30.8 Å². The Balaban J connectivity index is 1.58. The van der Waals surface area contributed by atoms with Gasteiger partial charge in [-0.05, 0) is 40.7 Å². The number of carbonyl (C=O) groups is 2. The van der Waals surface area contributed by atoms with Crippen LogP contribution >= 0.6 is 0 Å². The summed E-state index contributed by atoms with van der Waals surface area (Å²) in [5, 5.41) is 5.29. The Labute approximate surface area is 212 Å². The molecule has 0 aliphatic carbocycles. The predicted molar refractivity (Wildman–Crippen MR) is 132 cm³/mol. The smallest absolute Gasteiger partial charge is 0.386 e. The number of aliphatic imine (C=N–C) groups is 1. The quantitative estimate of drug-likeness (QED) is 0.257. The zero-order valence-corrected chi connectivity index (χ0v) is 21.0. The molecule has 2 aromatic rings. The van der Waals surface area contributed by atoms with Crippen molar-refractivity contribution in [2.45, 2.75) is 44.3 Å². The van der Waals surface area contributed by atoms with E-state index in [2.05, 4.69) is 19.8 Å². The van der Waals surface area contributed by atoms with Crippen LogP contribution in [0.25, 0.3) is 16.5 Å². The molecule has 1 radical (unpaired) electrons. The summed E-state index contributed by atoms with van der Waals surface area (Å²) in [5.74, 6) is -3.42. The number of carbonyl (C=O) groups excluding carboxylic acids is 2. The van der Waals surface area contributed by atoms with E-state index in [1.807, 2.05) is 42.5 Å². The maximum Gasteiger partial charge on any atom is 0.491 e. The Hall–Kier alpha value is -3.29. The fraction of sp³-hybridized carbons (Fsp3) is 0.375. The van der Waals surface area contributed by atoms with Gasteiger partial charge in [-0.25, -0.2) is 10.1 Å². The minimum absolute atomic E-state index is 0.164. The summed E-state index contributed by atoms with van der Waals surface area (Å²) >= 11 is 0.